The molecule has 0 radical (unpaired) electrons. The average molecular weight is 400 g/mol. The Morgan fingerprint density at radius 3 is 2.45 bits per heavy atom. The largest absolute Gasteiger partial charge is 0.478 e. The third kappa shape index (κ3) is 8.35. The van der Waals surface area contributed by atoms with Crippen LogP contribution in [0.5, 0.6) is 0 Å². The predicted octanol–water partition coefficient (Wildman–Crippen LogP) is 0.914. The van der Waals surface area contributed by atoms with Crippen molar-refractivity contribution in [3.05, 3.63) is 54.1 Å². The number of hydrogen-bond acceptors (Lipinski definition) is 8. The van der Waals surface area contributed by atoms with E-state index in [1.165, 1.54) is 0 Å². The highest BCUT2D eigenvalue weighted by Crippen LogP contribution is 2.13. The Morgan fingerprint density at radius 2 is 1.83 bits per heavy atom. The molecule has 1 saturated heterocycles. The van der Waals surface area contributed by atoms with Crippen LogP contribution in [0.1, 0.15) is 11.4 Å². The Hall–Kier alpha value is -3.53. The molecular formula is C19H24N6O4. The minimum Gasteiger partial charge on any atom is -0.478 e. The molecule has 0 aromatic carbocycles. The lowest BCUT2D eigenvalue weighted by Gasteiger charge is -2.28. The summed E-state index contributed by atoms with van der Waals surface area (Å²) in [5.41, 5.74) is 2.03. The Kier molecular flexibility index (Phi) is 8.51. The molecular weight excluding hydrogens is 376 g/mol. The van der Waals surface area contributed by atoms with Gasteiger partial charge in [0.2, 0.25) is 0 Å². The molecule has 2 aromatic heterocycles. The fraction of sp³-hybridized carbons (Fsp3) is 0.316. The number of nitrogens with zero attached hydrogens (tertiary/aromatic N) is 4. The van der Waals surface area contributed by atoms with Gasteiger partial charge in [0.15, 0.2) is 0 Å². The SMILES string of the molecule is Cc1cccc(CNc2cncc(N3CCNCC3)n2)n1.O=C(O)C=CC(=O)O. The summed E-state index contributed by atoms with van der Waals surface area (Å²) in [5.74, 6) is -0.798. The minimum atomic E-state index is -1.26. The van der Waals surface area contributed by atoms with Crippen molar-refractivity contribution in [1.29, 1.82) is 0 Å². The van der Waals surface area contributed by atoms with E-state index in [1.807, 2.05) is 31.3 Å². The Labute approximate surface area is 168 Å². The van der Waals surface area contributed by atoms with Crippen LogP contribution in [0.15, 0.2) is 42.7 Å². The number of piperazine rings is 1. The van der Waals surface area contributed by atoms with E-state index in [1.54, 1.807) is 6.20 Å². The summed E-state index contributed by atoms with van der Waals surface area (Å²) in [7, 11) is 0. The van der Waals surface area contributed by atoms with Gasteiger partial charge >= 0.3 is 11.9 Å². The molecule has 0 amide bonds. The topological polar surface area (TPSA) is 141 Å². The molecule has 0 spiro atoms. The number of aryl methyl sites for hydroxylation is 1. The van der Waals surface area contributed by atoms with Gasteiger partial charge in [-0.1, -0.05) is 6.07 Å². The zero-order chi connectivity index (χ0) is 21.1. The monoisotopic (exact) mass is 400 g/mol. The molecule has 0 aliphatic carbocycles. The van der Waals surface area contributed by atoms with E-state index in [2.05, 4.69) is 30.5 Å². The van der Waals surface area contributed by atoms with Crippen LogP contribution in [0.3, 0.4) is 0 Å². The third-order valence-electron chi connectivity index (χ3n) is 3.83. The van der Waals surface area contributed by atoms with E-state index in [4.69, 9.17) is 10.2 Å². The van der Waals surface area contributed by atoms with Crippen LogP contribution < -0.4 is 15.5 Å². The number of carboxylic acids is 2. The highest BCUT2D eigenvalue weighted by atomic mass is 16.4. The molecule has 2 aromatic rings. The lowest BCUT2D eigenvalue weighted by Crippen LogP contribution is -2.44. The normalized spacial score (nSPS) is 13.5. The number of nitrogens with one attached hydrogen (secondary N) is 2. The Balaban J connectivity index is 0.000000321. The van der Waals surface area contributed by atoms with Crippen molar-refractivity contribution in [3.8, 4) is 0 Å². The molecule has 1 aliphatic rings. The van der Waals surface area contributed by atoms with Crippen molar-refractivity contribution in [1.82, 2.24) is 20.3 Å². The van der Waals surface area contributed by atoms with Crippen molar-refractivity contribution >= 4 is 23.6 Å². The number of aliphatic carboxylic acids is 2. The second kappa shape index (κ2) is 11.3. The molecule has 3 heterocycles. The molecule has 1 fully saturated rings. The summed E-state index contributed by atoms with van der Waals surface area (Å²) in [6, 6.07) is 6.02. The maximum absolute atomic E-state index is 9.55. The second-order valence-electron chi connectivity index (χ2n) is 6.13. The van der Waals surface area contributed by atoms with Crippen molar-refractivity contribution in [2.75, 3.05) is 36.4 Å². The second-order valence-corrected chi connectivity index (χ2v) is 6.13. The molecule has 0 atom stereocenters. The van der Waals surface area contributed by atoms with Crippen LogP contribution in [0.2, 0.25) is 0 Å². The molecule has 10 heteroatoms. The first-order valence-electron chi connectivity index (χ1n) is 9.02. The smallest absolute Gasteiger partial charge is 0.328 e. The van der Waals surface area contributed by atoms with E-state index < -0.39 is 11.9 Å². The highest BCUT2D eigenvalue weighted by molar-refractivity contribution is 5.89. The molecule has 3 rings (SSSR count). The Bertz CT molecular complexity index is 836. The number of hydrogen-bond donors (Lipinski definition) is 4. The van der Waals surface area contributed by atoms with Gasteiger partial charge < -0.3 is 25.7 Å². The maximum atomic E-state index is 9.55. The molecule has 29 heavy (non-hydrogen) atoms. The molecule has 0 unspecified atom stereocenters. The molecule has 10 nitrogen and oxygen atoms in total. The van der Waals surface area contributed by atoms with Crippen LogP contribution in [-0.4, -0.2) is 63.3 Å². The minimum absolute atomic E-state index is 0.558. The molecule has 4 N–H and O–H groups in total. The average Bonchev–Trinajstić information content (AvgIpc) is 2.72. The Morgan fingerprint density at radius 1 is 1.14 bits per heavy atom. The molecule has 154 valence electrons. The summed E-state index contributed by atoms with van der Waals surface area (Å²) in [4.78, 5) is 34.7. The van der Waals surface area contributed by atoms with Gasteiger partial charge in [-0.25, -0.2) is 14.6 Å². The van der Waals surface area contributed by atoms with Gasteiger partial charge in [-0.05, 0) is 19.1 Å². The van der Waals surface area contributed by atoms with Gasteiger partial charge in [0.25, 0.3) is 0 Å². The van der Waals surface area contributed by atoms with Crippen molar-refractivity contribution in [3.63, 3.8) is 0 Å². The van der Waals surface area contributed by atoms with E-state index in [0.717, 1.165) is 49.2 Å². The van der Waals surface area contributed by atoms with E-state index in [-0.39, 0.29) is 0 Å². The summed E-state index contributed by atoms with van der Waals surface area (Å²) < 4.78 is 0. The summed E-state index contributed by atoms with van der Waals surface area (Å²) >= 11 is 0. The number of anilines is 2. The summed E-state index contributed by atoms with van der Waals surface area (Å²) in [6.45, 7) is 6.57. The van der Waals surface area contributed by atoms with Gasteiger partial charge in [0.1, 0.15) is 11.6 Å². The zero-order valence-electron chi connectivity index (χ0n) is 16.1. The fourth-order valence-electron chi connectivity index (χ4n) is 2.51. The predicted molar refractivity (Wildman–Crippen MR) is 108 cm³/mol. The van der Waals surface area contributed by atoms with Crippen molar-refractivity contribution < 1.29 is 19.8 Å². The number of carbonyl (C=O) groups is 2. The van der Waals surface area contributed by atoms with E-state index in [0.29, 0.717) is 18.7 Å². The summed E-state index contributed by atoms with van der Waals surface area (Å²) in [5, 5.41) is 22.3. The standard InChI is InChI=1S/C15H20N6.C4H4O4/c1-12-3-2-4-13(19-12)9-18-14-10-17-11-15(20-14)21-7-5-16-6-8-21;5-3(6)1-2-4(7)8/h2-4,10-11,16H,5-9H2,1H3,(H,18,20);1-2H,(H,5,6)(H,7,8). The summed E-state index contributed by atoms with van der Waals surface area (Å²) in [6.07, 6.45) is 4.69. The zero-order valence-corrected chi connectivity index (χ0v) is 16.1. The number of carboxylic acid groups (broad SMARTS) is 2. The first-order valence-corrected chi connectivity index (χ1v) is 9.02. The lowest BCUT2D eigenvalue weighted by atomic mass is 10.3. The van der Waals surface area contributed by atoms with Crippen LogP contribution >= 0.6 is 0 Å². The van der Waals surface area contributed by atoms with E-state index in [9.17, 15) is 9.59 Å². The molecule has 0 bridgehead atoms. The first-order chi connectivity index (χ1) is 13.9. The molecule has 0 saturated carbocycles. The van der Waals surface area contributed by atoms with Gasteiger partial charge in [0.05, 0.1) is 24.6 Å². The lowest BCUT2D eigenvalue weighted by molar-refractivity contribution is -0.134. The quantitative estimate of drug-likeness (QED) is 0.517. The van der Waals surface area contributed by atoms with E-state index >= 15 is 0 Å². The highest BCUT2D eigenvalue weighted by Gasteiger charge is 2.12. The van der Waals surface area contributed by atoms with Crippen LogP contribution in [0.25, 0.3) is 0 Å². The first kappa shape index (κ1) is 21.8. The maximum Gasteiger partial charge on any atom is 0.328 e. The van der Waals surface area contributed by atoms with Gasteiger partial charge in [-0.2, -0.15) is 0 Å². The van der Waals surface area contributed by atoms with Gasteiger partial charge in [-0.15, -0.1) is 0 Å². The van der Waals surface area contributed by atoms with Gasteiger partial charge in [-0.3, -0.25) is 9.97 Å². The van der Waals surface area contributed by atoms with Crippen LogP contribution in [-0.2, 0) is 16.1 Å². The van der Waals surface area contributed by atoms with Gasteiger partial charge in [0, 0.05) is 44.0 Å². The number of aromatic nitrogens is 3. The van der Waals surface area contributed by atoms with Crippen LogP contribution in [0, 0.1) is 6.92 Å². The number of pyridine rings is 1. The van der Waals surface area contributed by atoms with Crippen molar-refractivity contribution in [2.24, 2.45) is 0 Å². The van der Waals surface area contributed by atoms with Crippen LogP contribution in [0.4, 0.5) is 11.6 Å². The third-order valence-corrected chi connectivity index (χ3v) is 3.83. The number of rotatable bonds is 6. The van der Waals surface area contributed by atoms with Crippen molar-refractivity contribution in [2.45, 2.75) is 13.5 Å². The fourth-order valence-corrected chi connectivity index (χ4v) is 2.51. The molecule has 1 aliphatic heterocycles.